The molecule has 1 N–H and O–H groups in total. The molecule has 2 heterocycles. The molecular formula is C21H25F3N6O. The second kappa shape index (κ2) is 8.24. The van der Waals surface area contributed by atoms with Crippen molar-refractivity contribution in [3.63, 3.8) is 0 Å². The molecule has 31 heavy (non-hydrogen) atoms. The molecule has 0 spiro atoms. The molecule has 2 aromatic heterocycles. The minimum Gasteiger partial charge on any atom is -0.495 e. The van der Waals surface area contributed by atoms with Crippen molar-refractivity contribution in [2.45, 2.75) is 44.8 Å². The number of rotatable bonds is 5. The summed E-state index contributed by atoms with van der Waals surface area (Å²) in [6.45, 7) is 1.91. The molecular weight excluding hydrogens is 409 g/mol. The predicted octanol–water partition coefficient (Wildman–Crippen LogP) is 4.52. The van der Waals surface area contributed by atoms with Crippen LogP contribution in [0.4, 0.5) is 19.1 Å². The lowest BCUT2D eigenvalue weighted by Crippen LogP contribution is -2.35. The maximum Gasteiger partial charge on any atom is 0.391 e. The Balaban J connectivity index is 1.55. The van der Waals surface area contributed by atoms with Gasteiger partial charge < -0.3 is 14.6 Å². The summed E-state index contributed by atoms with van der Waals surface area (Å²) >= 11 is 0. The van der Waals surface area contributed by atoms with Crippen LogP contribution in [-0.2, 0) is 7.05 Å². The van der Waals surface area contributed by atoms with Crippen LogP contribution in [0.3, 0.4) is 0 Å². The van der Waals surface area contributed by atoms with Gasteiger partial charge >= 0.3 is 6.18 Å². The van der Waals surface area contributed by atoms with Gasteiger partial charge in [0.25, 0.3) is 0 Å². The number of alkyl halides is 3. The van der Waals surface area contributed by atoms with Crippen LogP contribution in [0.1, 0.15) is 31.4 Å². The van der Waals surface area contributed by atoms with Crippen LogP contribution in [0.5, 0.6) is 5.75 Å². The molecule has 1 fully saturated rings. The third kappa shape index (κ3) is 4.52. The second-order valence-corrected chi connectivity index (χ2v) is 7.94. The Kier molecular flexibility index (Phi) is 5.63. The largest absolute Gasteiger partial charge is 0.495 e. The molecule has 0 bridgehead atoms. The van der Waals surface area contributed by atoms with Gasteiger partial charge in [-0.25, -0.2) is 9.67 Å². The third-order valence-corrected chi connectivity index (χ3v) is 5.66. The molecule has 2 unspecified atom stereocenters. The third-order valence-electron chi connectivity index (χ3n) is 5.66. The van der Waals surface area contributed by atoms with E-state index in [0.29, 0.717) is 30.4 Å². The van der Waals surface area contributed by atoms with E-state index in [1.165, 1.54) is 0 Å². The van der Waals surface area contributed by atoms with Gasteiger partial charge in [0.15, 0.2) is 5.82 Å². The minimum absolute atomic E-state index is 0.0541. The topological polar surface area (TPSA) is 69.8 Å². The lowest BCUT2D eigenvalue weighted by molar-refractivity contribution is -0.182. The number of imidazole rings is 1. The average Bonchev–Trinajstić information content (AvgIpc) is 3.33. The first-order valence-corrected chi connectivity index (χ1v) is 10.2. The number of hydrogen-bond acceptors (Lipinski definition) is 5. The molecule has 1 aliphatic carbocycles. The number of methoxy groups -OCH3 is 1. The van der Waals surface area contributed by atoms with Crippen LogP contribution in [0, 0.1) is 12.8 Å². The van der Waals surface area contributed by atoms with Crippen LogP contribution in [0.15, 0.2) is 30.7 Å². The molecule has 166 valence electrons. The number of benzene rings is 1. The highest BCUT2D eigenvalue weighted by Gasteiger charge is 2.42. The molecule has 0 aliphatic heterocycles. The van der Waals surface area contributed by atoms with Crippen LogP contribution in [-0.4, -0.2) is 43.6 Å². The van der Waals surface area contributed by atoms with Crippen LogP contribution in [0.2, 0.25) is 0 Å². The fourth-order valence-electron chi connectivity index (χ4n) is 4.02. The van der Waals surface area contributed by atoms with E-state index in [0.717, 1.165) is 16.9 Å². The van der Waals surface area contributed by atoms with Crippen molar-refractivity contribution in [2.24, 2.45) is 13.0 Å². The molecule has 3 aromatic rings. The Morgan fingerprint density at radius 2 is 2.03 bits per heavy atom. The first kappa shape index (κ1) is 21.2. The van der Waals surface area contributed by atoms with Gasteiger partial charge in [-0.3, -0.25) is 0 Å². The summed E-state index contributed by atoms with van der Waals surface area (Å²) in [7, 11) is 3.31. The molecule has 0 amide bonds. The van der Waals surface area contributed by atoms with Gasteiger partial charge in [0.2, 0.25) is 5.95 Å². The molecule has 1 aliphatic rings. The van der Waals surface area contributed by atoms with Crippen LogP contribution in [0.25, 0.3) is 17.1 Å². The summed E-state index contributed by atoms with van der Waals surface area (Å²) in [6, 6.07) is 5.34. The summed E-state index contributed by atoms with van der Waals surface area (Å²) in [5.74, 6) is 0.295. The zero-order chi connectivity index (χ0) is 22.2. The number of nitrogens with one attached hydrogen (secondary N) is 1. The molecule has 1 saturated carbocycles. The number of ether oxygens (including phenoxy) is 1. The highest BCUT2D eigenvalue weighted by atomic mass is 19.4. The predicted molar refractivity (Wildman–Crippen MR) is 110 cm³/mol. The summed E-state index contributed by atoms with van der Waals surface area (Å²) < 4.78 is 48.3. The molecule has 4 rings (SSSR count). The zero-order valence-electron chi connectivity index (χ0n) is 17.6. The van der Waals surface area contributed by atoms with Crippen molar-refractivity contribution < 1.29 is 17.9 Å². The average molecular weight is 434 g/mol. The molecule has 7 nitrogen and oxygen atoms in total. The summed E-state index contributed by atoms with van der Waals surface area (Å²) in [5.41, 5.74) is 2.48. The van der Waals surface area contributed by atoms with Crippen molar-refractivity contribution in [1.82, 2.24) is 24.3 Å². The number of aryl methyl sites for hydroxylation is 2. The first-order chi connectivity index (χ1) is 14.7. The lowest BCUT2D eigenvalue weighted by atomic mass is 9.85. The van der Waals surface area contributed by atoms with E-state index in [9.17, 15) is 13.2 Å². The Bertz CT molecular complexity index is 1060. The molecule has 0 radical (unpaired) electrons. The van der Waals surface area contributed by atoms with Crippen molar-refractivity contribution in [3.05, 3.63) is 36.4 Å². The molecule has 2 atom stereocenters. The van der Waals surface area contributed by atoms with Crippen molar-refractivity contribution in [3.8, 4) is 22.8 Å². The smallest absolute Gasteiger partial charge is 0.391 e. The van der Waals surface area contributed by atoms with E-state index < -0.39 is 12.1 Å². The first-order valence-electron chi connectivity index (χ1n) is 10.2. The highest BCUT2D eigenvalue weighted by Crippen LogP contribution is 2.38. The molecule has 10 heteroatoms. The quantitative estimate of drug-likeness (QED) is 0.640. The van der Waals surface area contributed by atoms with Gasteiger partial charge in [-0.05, 0) is 44.4 Å². The zero-order valence-corrected chi connectivity index (χ0v) is 17.6. The van der Waals surface area contributed by atoms with Gasteiger partial charge in [-0.2, -0.15) is 18.2 Å². The van der Waals surface area contributed by atoms with Crippen LogP contribution >= 0.6 is 0 Å². The SMILES string of the molecule is COc1cc(-c2nc(NC3CCCC(C(F)(F)F)C3)n(C)n2)ccc1-n1cnc(C)c1. The van der Waals surface area contributed by atoms with E-state index in [4.69, 9.17) is 4.74 Å². The van der Waals surface area contributed by atoms with Gasteiger partial charge in [0, 0.05) is 24.8 Å². The van der Waals surface area contributed by atoms with Crippen molar-refractivity contribution in [2.75, 3.05) is 12.4 Å². The Labute approximate surface area is 178 Å². The number of halogens is 3. The number of anilines is 1. The monoisotopic (exact) mass is 434 g/mol. The summed E-state index contributed by atoms with van der Waals surface area (Å²) in [6.07, 6.45) is 0.925. The number of hydrogen-bond donors (Lipinski definition) is 1. The number of nitrogens with zero attached hydrogens (tertiary/aromatic N) is 5. The van der Waals surface area contributed by atoms with E-state index in [2.05, 4.69) is 20.4 Å². The lowest BCUT2D eigenvalue weighted by Gasteiger charge is -2.31. The molecule has 0 saturated heterocycles. The Morgan fingerprint density at radius 3 is 2.71 bits per heavy atom. The normalized spacial score (nSPS) is 19.4. The Morgan fingerprint density at radius 1 is 1.23 bits per heavy atom. The van der Waals surface area contributed by atoms with Gasteiger partial charge in [0.05, 0.1) is 30.7 Å². The number of aromatic nitrogens is 5. The maximum absolute atomic E-state index is 13.1. The van der Waals surface area contributed by atoms with E-state index in [-0.39, 0.29) is 18.9 Å². The van der Waals surface area contributed by atoms with E-state index in [1.54, 1.807) is 25.2 Å². The summed E-state index contributed by atoms with van der Waals surface area (Å²) in [5, 5.41) is 7.60. The molecule has 1 aromatic carbocycles. The van der Waals surface area contributed by atoms with Crippen molar-refractivity contribution >= 4 is 5.95 Å². The fourth-order valence-corrected chi connectivity index (χ4v) is 4.02. The van der Waals surface area contributed by atoms with Gasteiger partial charge in [-0.1, -0.05) is 6.42 Å². The standard InChI is InChI=1S/C21H25F3N6O/c1-13-11-30(12-25-13)17-8-7-14(9-18(17)31-3)19-27-20(29(2)28-19)26-16-6-4-5-15(10-16)21(22,23)24/h7-9,11-12,15-16H,4-6,10H2,1-3H3,(H,26,27,28). The maximum atomic E-state index is 13.1. The van der Waals surface area contributed by atoms with Gasteiger partial charge in [-0.15, -0.1) is 5.10 Å². The Hall–Kier alpha value is -3.04. The highest BCUT2D eigenvalue weighted by molar-refractivity contribution is 5.63. The second-order valence-electron chi connectivity index (χ2n) is 7.94. The van der Waals surface area contributed by atoms with E-state index in [1.807, 2.05) is 35.9 Å². The minimum atomic E-state index is -4.16. The summed E-state index contributed by atoms with van der Waals surface area (Å²) in [4.78, 5) is 8.77. The van der Waals surface area contributed by atoms with Crippen molar-refractivity contribution in [1.29, 1.82) is 0 Å². The van der Waals surface area contributed by atoms with Gasteiger partial charge in [0.1, 0.15) is 5.75 Å². The van der Waals surface area contributed by atoms with Crippen LogP contribution < -0.4 is 10.1 Å². The fraction of sp³-hybridized carbons (Fsp3) is 0.476. The van der Waals surface area contributed by atoms with E-state index >= 15 is 0 Å².